The zero-order chi connectivity index (χ0) is 16.8. The first-order chi connectivity index (χ1) is 10.3. The van der Waals surface area contributed by atoms with Crippen molar-refractivity contribution in [2.24, 2.45) is 0 Å². The smallest absolute Gasteiger partial charge is 0.313 e. The Hall–Kier alpha value is -1.88. The summed E-state index contributed by atoms with van der Waals surface area (Å²) in [4.78, 5) is 23.2. The molecule has 0 aliphatic carbocycles. The Morgan fingerprint density at radius 2 is 1.86 bits per heavy atom. The third-order valence-electron chi connectivity index (χ3n) is 3.64. The van der Waals surface area contributed by atoms with Gasteiger partial charge in [-0.2, -0.15) is 0 Å². The molecule has 22 heavy (non-hydrogen) atoms. The molecule has 1 unspecified atom stereocenters. The minimum atomic E-state index is -0.959. The lowest BCUT2D eigenvalue weighted by Gasteiger charge is -2.20. The molecular weight excluding hydrogens is 282 g/mol. The predicted octanol–water partition coefficient (Wildman–Crippen LogP) is 3.19. The largest absolute Gasteiger partial charge is 0.481 e. The highest BCUT2D eigenvalue weighted by molar-refractivity contribution is 5.94. The maximum atomic E-state index is 12.0. The summed E-state index contributed by atoms with van der Waals surface area (Å²) in [5, 5.41) is 12.0. The van der Waals surface area contributed by atoms with E-state index >= 15 is 0 Å². The fourth-order valence-electron chi connectivity index (χ4n) is 1.82. The van der Waals surface area contributed by atoms with Crippen molar-refractivity contribution >= 4 is 17.6 Å². The fraction of sp³-hybridized carbons (Fsp3) is 0.529. The first-order valence-electron chi connectivity index (χ1n) is 7.55. The molecule has 0 radical (unpaired) electrons. The topological polar surface area (TPSA) is 75.6 Å². The quantitative estimate of drug-likeness (QED) is 0.723. The highest BCUT2D eigenvalue weighted by atomic mass is 16.5. The second-order valence-electron chi connectivity index (χ2n) is 5.86. The van der Waals surface area contributed by atoms with Crippen molar-refractivity contribution in [1.82, 2.24) is 0 Å². The van der Waals surface area contributed by atoms with Crippen LogP contribution >= 0.6 is 0 Å². The number of rotatable bonds is 8. The molecule has 1 aromatic rings. The Morgan fingerprint density at radius 1 is 1.27 bits per heavy atom. The molecule has 122 valence electrons. The molecule has 5 nitrogen and oxygen atoms in total. The van der Waals surface area contributed by atoms with Gasteiger partial charge in [0.05, 0.1) is 5.41 Å². The zero-order valence-electron chi connectivity index (χ0n) is 13.7. The van der Waals surface area contributed by atoms with E-state index in [-0.39, 0.29) is 5.91 Å². The van der Waals surface area contributed by atoms with Gasteiger partial charge in [-0.1, -0.05) is 25.5 Å². The van der Waals surface area contributed by atoms with E-state index in [9.17, 15) is 14.7 Å². The van der Waals surface area contributed by atoms with Crippen molar-refractivity contribution in [3.05, 3.63) is 29.8 Å². The number of hydrogen-bond donors (Lipinski definition) is 2. The number of hydrogen-bond acceptors (Lipinski definition) is 3. The summed E-state index contributed by atoms with van der Waals surface area (Å²) in [5.41, 5.74) is 0.352. The Morgan fingerprint density at radius 3 is 2.36 bits per heavy atom. The normalized spacial score (nSPS) is 12.7. The third kappa shape index (κ3) is 4.84. The summed E-state index contributed by atoms with van der Waals surface area (Å²) < 4.78 is 5.44. The average molecular weight is 307 g/mol. The Balaban J connectivity index is 2.64. The van der Waals surface area contributed by atoms with Gasteiger partial charge < -0.3 is 15.2 Å². The number of unbranched alkanes of at least 4 members (excludes halogenated alkanes) is 1. The van der Waals surface area contributed by atoms with Gasteiger partial charge in [0.15, 0.2) is 0 Å². The Labute approximate surface area is 131 Å². The molecule has 1 rings (SSSR count). The molecule has 0 aliphatic heterocycles. The van der Waals surface area contributed by atoms with Crippen LogP contribution < -0.4 is 5.32 Å². The number of carboxylic acid groups (broad SMARTS) is 1. The Bertz CT molecular complexity index is 508. The number of nitrogens with one attached hydrogen (secondary N) is 1. The lowest BCUT2D eigenvalue weighted by atomic mass is 9.85. The van der Waals surface area contributed by atoms with Gasteiger partial charge in [-0.25, -0.2) is 0 Å². The van der Waals surface area contributed by atoms with Gasteiger partial charge in [0.2, 0.25) is 0 Å². The lowest BCUT2D eigenvalue weighted by molar-refractivity contribution is -0.142. The van der Waals surface area contributed by atoms with E-state index < -0.39 is 17.5 Å². The van der Waals surface area contributed by atoms with Crippen molar-refractivity contribution < 1.29 is 19.4 Å². The van der Waals surface area contributed by atoms with Gasteiger partial charge in [-0.05, 0) is 44.9 Å². The summed E-state index contributed by atoms with van der Waals surface area (Å²) in [6.45, 7) is 7.64. The standard InChI is InChI=1S/C17H25NO4/c1-5-6-11-22-12(2)15(19)18-14-9-7-13(8-10-14)17(3,4)16(20)21/h7-10,12H,5-6,11H2,1-4H3,(H,18,19)(H,20,21). The molecule has 0 fully saturated rings. The van der Waals surface area contributed by atoms with E-state index in [1.807, 2.05) is 0 Å². The van der Waals surface area contributed by atoms with E-state index in [4.69, 9.17) is 4.74 Å². The number of ether oxygens (including phenoxy) is 1. The van der Waals surface area contributed by atoms with E-state index in [0.717, 1.165) is 12.8 Å². The van der Waals surface area contributed by atoms with Gasteiger partial charge in [0.1, 0.15) is 6.10 Å². The van der Waals surface area contributed by atoms with Crippen LogP contribution in [0.4, 0.5) is 5.69 Å². The minimum absolute atomic E-state index is 0.207. The molecule has 0 spiro atoms. The number of anilines is 1. The summed E-state index contributed by atoms with van der Waals surface area (Å²) in [6, 6.07) is 6.84. The van der Waals surface area contributed by atoms with Crippen LogP contribution in [0.1, 0.15) is 46.1 Å². The summed E-state index contributed by atoms with van der Waals surface area (Å²) in [6.07, 6.45) is 1.44. The molecule has 0 heterocycles. The molecule has 0 saturated heterocycles. The number of amides is 1. The SMILES string of the molecule is CCCCOC(C)C(=O)Nc1ccc(C(C)(C)C(=O)O)cc1. The van der Waals surface area contributed by atoms with Crippen LogP contribution in [0.5, 0.6) is 0 Å². The van der Waals surface area contributed by atoms with Crippen LogP contribution in [0, 0.1) is 0 Å². The number of benzene rings is 1. The summed E-state index contributed by atoms with van der Waals surface area (Å²) >= 11 is 0. The van der Waals surface area contributed by atoms with E-state index in [0.29, 0.717) is 17.9 Å². The first-order valence-corrected chi connectivity index (χ1v) is 7.55. The van der Waals surface area contributed by atoms with Gasteiger partial charge >= 0.3 is 5.97 Å². The maximum Gasteiger partial charge on any atom is 0.313 e. The molecule has 0 aromatic heterocycles. The maximum absolute atomic E-state index is 12.0. The van der Waals surface area contributed by atoms with E-state index in [2.05, 4.69) is 12.2 Å². The second kappa shape index (κ2) is 7.94. The molecular formula is C17H25NO4. The van der Waals surface area contributed by atoms with Gasteiger partial charge in [0.25, 0.3) is 5.91 Å². The molecule has 0 saturated carbocycles. The third-order valence-corrected chi connectivity index (χ3v) is 3.64. The van der Waals surface area contributed by atoms with Gasteiger partial charge in [0, 0.05) is 12.3 Å². The highest BCUT2D eigenvalue weighted by Gasteiger charge is 2.29. The van der Waals surface area contributed by atoms with Crippen molar-refractivity contribution in [1.29, 1.82) is 0 Å². The van der Waals surface area contributed by atoms with Gasteiger partial charge in [-0.3, -0.25) is 9.59 Å². The van der Waals surface area contributed by atoms with Crippen LogP contribution in [-0.4, -0.2) is 29.7 Å². The monoisotopic (exact) mass is 307 g/mol. The summed E-state index contributed by atoms with van der Waals surface area (Å²) in [7, 11) is 0. The second-order valence-corrected chi connectivity index (χ2v) is 5.86. The number of carboxylic acids is 1. The minimum Gasteiger partial charge on any atom is -0.481 e. The molecule has 1 aromatic carbocycles. The van der Waals surface area contributed by atoms with Crippen molar-refractivity contribution in [2.75, 3.05) is 11.9 Å². The molecule has 0 bridgehead atoms. The molecule has 2 N–H and O–H groups in total. The van der Waals surface area contributed by atoms with E-state index in [1.54, 1.807) is 45.0 Å². The van der Waals surface area contributed by atoms with Crippen LogP contribution in [0.3, 0.4) is 0 Å². The molecule has 5 heteroatoms. The van der Waals surface area contributed by atoms with Crippen LogP contribution in [-0.2, 0) is 19.7 Å². The molecule has 0 aliphatic rings. The van der Waals surface area contributed by atoms with Crippen molar-refractivity contribution in [3.63, 3.8) is 0 Å². The highest BCUT2D eigenvalue weighted by Crippen LogP contribution is 2.24. The number of carbonyl (C=O) groups excluding carboxylic acids is 1. The fourth-order valence-corrected chi connectivity index (χ4v) is 1.82. The van der Waals surface area contributed by atoms with Crippen molar-refractivity contribution in [2.45, 2.75) is 52.1 Å². The van der Waals surface area contributed by atoms with Gasteiger partial charge in [-0.15, -0.1) is 0 Å². The van der Waals surface area contributed by atoms with E-state index in [1.165, 1.54) is 0 Å². The number of carbonyl (C=O) groups is 2. The molecule has 1 atom stereocenters. The first kappa shape index (κ1) is 18.2. The number of aliphatic carboxylic acids is 1. The van der Waals surface area contributed by atoms with Crippen LogP contribution in [0.2, 0.25) is 0 Å². The van der Waals surface area contributed by atoms with Crippen LogP contribution in [0.15, 0.2) is 24.3 Å². The lowest BCUT2D eigenvalue weighted by Crippen LogP contribution is -2.29. The molecule has 1 amide bonds. The summed E-state index contributed by atoms with van der Waals surface area (Å²) in [5.74, 6) is -1.09. The average Bonchev–Trinajstić information content (AvgIpc) is 2.47. The van der Waals surface area contributed by atoms with Crippen LogP contribution in [0.25, 0.3) is 0 Å². The Kier molecular flexibility index (Phi) is 6.56. The zero-order valence-corrected chi connectivity index (χ0v) is 13.7. The van der Waals surface area contributed by atoms with Crippen molar-refractivity contribution in [3.8, 4) is 0 Å². The predicted molar refractivity (Wildman–Crippen MR) is 86.1 cm³/mol.